The maximum Gasteiger partial charge on any atom is 0.220 e. The summed E-state index contributed by atoms with van der Waals surface area (Å²) in [5.41, 5.74) is -0.0810. The van der Waals surface area contributed by atoms with E-state index < -0.39 is 0 Å². The van der Waals surface area contributed by atoms with Gasteiger partial charge in [0.25, 0.3) is 0 Å². The highest BCUT2D eigenvalue weighted by Gasteiger charge is 2.41. The Morgan fingerprint density at radius 2 is 2.04 bits per heavy atom. The molecule has 132 valence electrons. The van der Waals surface area contributed by atoms with Gasteiger partial charge in [-0.3, -0.25) is 14.6 Å². The van der Waals surface area contributed by atoms with E-state index in [1.807, 2.05) is 13.0 Å². The van der Waals surface area contributed by atoms with Gasteiger partial charge in [0, 0.05) is 39.1 Å². The average Bonchev–Trinajstić information content (AvgIpc) is 3.27. The molecule has 0 unspecified atom stereocenters. The summed E-state index contributed by atoms with van der Waals surface area (Å²) in [5, 5.41) is 3.36. The van der Waals surface area contributed by atoms with Crippen molar-refractivity contribution < 1.29 is 9.21 Å². The first-order valence-corrected chi connectivity index (χ1v) is 9.41. The summed E-state index contributed by atoms with van der Waals surface area (Å²) in [6, 6.07) is 4.11. The zero-order valence-electron chi connectivity index (χ0n) is 14.7. The quantitative estimate of drug-likeness (QED) is 0.918. The van der Waals surface area contributed by atoms with Gasteiger partial charge in [0.1, 0.15) is 11.5 Å². The largest absolute Gasteiger partial charge is 0.465 e. The van der Waals surface area contributed by atoms with E-state index in [-0.39, 0.29) is 11.4 Å². The van der Waals surface area contributed by atoms with Gasteiger partial charge in [-0.1, -0.05) is 0 Å². The van der Waals surface area contributed by atoms with Crippen LogP contribution in [-0.4, -0.2) is 54.0 Å². The Kier molecular flexibility index (Phi) is 4.39. The highest BCUT2D eigenvalue weighted by molar-refractivity contribution is 5.77. The number of hydrogen-bond acceptors (Lipinski definition) is 4. The molecule has 3 fully saturated rings. The van der Waals surface area contributed by atoms with E-state index in [0.717, 1.165) is 63.0 Å². The van der Waals surface area contributed by atoms with E-state index in [0.29, 0.717) is 6.42 Å². The molecular formula is C19H29N3O2. The second-order valence-electron chi connectivity index (χ2n) is 8.08. The van der Waals surface area contributed by atoms with E-state index in [1.165, 1.54) is 19.4 Å². The molecule has 5 nitrogen and oxygen atoms in total. The molecule has 4 rings (SSSR count). The van der Waals surface area contributed by atoms with Crippen LogP contribution in [-0.2, 0) is 11.3 Å². The van der Waals surface area contributed by atoms with Crippen LogP contribution in [0.4, 0.5) is 0 Å². The van der Waals surface area contributed by atoms with E-state index in [1.54, 1.807) is 0 Å². The molecule has 3 heterocycles. The number of nitrogens with one attached hydrogen (secondary N) is 1. The van der Waals surface area contributed by atoms with Crippen LogP contribution in [0.5, 0.6) is 0 Å². The Morgan fingerprint density at radius 3 is 2.75 bits per heavy atom. The van der Waals surface area contributed by atoms with Crippen LogP contribution in [0, 0.1) is 12.8 Å². The first-order valence-electron chi connectivity index (χ1n) is 9.41. The number of carbonyl (C=O) groups excluding carboxylic acids is 1. The number of nitrogens with zero attached hydrogens (tertiary/aromatic N) is 2. The summed E-state index contributed by atoms with van der Waals surface area (Å²) < 4.78 is 5.78. The Morgan fingerprint density at radius 1 is 1.25 bits per heavy atom. The molecule has 2 saturated heterocycles. The van der Waals surface area contributed by atoms with Gasteiger partial charge in [-0.05, 0) is 50.7 Å². The second-order valence-corrected chi connectivity index (χ2v) is 8.08. The molecule has 1 amide bonds. The van der Waals surface area contributed by atoms with Gasteiger partial charge >= 0.3 is 0 Å². The zero-order chi connectivity index (χ0) is 16.6. The molecule has 0 radical (unpaired) electrons. The lowest BCUT2D eigenvalue weighted by Crippen LogP contribution is -2.61. The highest BCUT2D eigenvalue weighted by atomic mass is 16.3. The third kappa shape index (κ3) is 3.83. The van der Waals surface area contributed by atoms with Gasteiger partial charge in [0.2, 0.25) is 5.91 Å². The summed E-state index contributed by atoms with van der Waals surface area (Å²) in [6.07, 6.45) is 5.54. The first kappa shape index (κ1) is 16.2. The van der Waals surface area contributed by atoms with Crippen LogP contribution < -0.4 is 5.32 Å². The smallest absolute Gasteiger partial charge is 0.220 e. The molecule has 1 aromatic rings. The van der Waals surface area contributed by atoms with Crippen LogP contribution in [0.1, 0.15) is 43.6 Å². The Balaban J connectivity index is 1.49. The highest BCUT2D eigenvalue weighted by Crippen LogP contribution is 2.32. The van der Waals surface area contributed by atoms with Crippen LogP contribution in [0.2, 0.25) is 0 Å². The fraction of sp³-hybridized carbons (Fsp3) is 0.737. The number of hydrogen-bond donors (Lipinski definition) is 1. The molecule has 1 saturated carbocycles. The predicted octanol–water partition coefficient (Wildman–Crippen LogP) is 2.15. The Labute approximate surface area is 144 Å². The lowest BCUT2D eigenvalue weighted by Gasteiger charge is -2.41. The standard InChI is InChI=1S/C19H29N3O2/c1-15-4-7-17(24-15)12-22-10-9-21(11-16-5-6-16)13-19(14-22)8-2-3-18(23)20-19/h4,7,16H,2-3,5-6,8-14H2,1H3,(H,20,23)/t19-/m1/s1. The Hall–Kier alpha value is -1.33. The fourth-order valence-electron chi connectivity index (χ4n) is 4.34. The molecule has 0 aromatic carbocycles. The van der Waals surface area contributed by atoms with Crippen molar-refractivity contribution in [3.05, 3.63) is 23.7 Å². The summed E-state index contributed by atoms with van der Waals surface area (Å²) in [5.74, 6) is 3.11. The molecule has 1 N–H and O–H groups in total. The lowest BCUT2D eigenvalue weighted by molar-refractivity contribution is -0.125. The van der Waals surface area contributed by atoms with Crippen molar-refractivity contribution in [1.29, 1.82) is 0 Å². The van der Waals surface area contributed by atoms with Gasteiger partial charge < -0.3 is 9.73 Å². The minimum absolute atomic E-state index is 0.0810. The maximum atomic E-state index is 12.1. The molecule has 2 aliphatic heterocycles. The summed E-state index contributed by atoms with van der Waals surface area (Å²) >= 11 is 0. The van der Waals surface area contributed by atoms with Gasteiger partial charge in [-0.25, -0.2) is 0 Å². The van der Waals surface area contributed by atoms with E-state index in [2.05, 4.69) is 21.2 Å². The van der Waals surface area contributed by atoms with E-state index in [9.17, 15) is 4.79 Å². The van der Waals surface area contributed by atoms with Crippen LogP contribution in [0.3, 0.4) is 0 Å². The van der Waals surface area contributed by atoms with Crippen LogP contribution >= 0.6 is 0 Å². The van der Waals surface area contributed by atoms with Crippen molar-refractivity contribution in [3.8, 4) is 0 Å². The number of amides is 1. The second kappa shape index (κ2) is 6.52. The van der Waals surface area contributed by atoms with Crippen LogP contribution in [0.15, 0.2) is 16.5 Å². The summed E-state index contributed by atoms with van der Waals surface area (Å²) in [4.78, 5) is 17.2. The third-order valence-electron chi connectivity index (χ3n) is 5.64. The van der Waals surface area contributed by atoms with Gasteiger partial charge in [0.05, 0.1) is 12.1 Å². The van der Waals surface area contributed by atoms with Crippen molar-refractivity contribution in [2.75, 3.05) is 32.7 Å². The molecule has 0 bridgehead atoms. The van der Waals surface area contributed by atoms with Crippen LogP contribution in [0.25, 0.3) is 0 Å². The zero-order valence-corrected chi connectivity index (χ0v) is 14.7. The monoisotopic (exact) mass is 331 g/mol. The Bertz CT molecular complexity index is 595. The number of aryl methyl sites for hydroxylation is 1. The summed E-state index contributed by atoms with van der Waals surface area (Å²) in [6.45, 7) is 8.10. The molecule has 1 aliphatic carbocycles. The molecule has 1 aromatic heterocycles. The van der Waals surface area contributed by atoms with E-state index in [4.69, 9.17) is 4.42 Å². The molecular weight excluding hydrogens is 302 g/mol. The first-order chi connectivity index (χ1) is 11.6. The molecule has 5 heteroatoms. The molecule has 1 spiro atoms. The number of piperidine rings is 1. The van der Waals surface area contributed by atoms with Crippen molar-refractivity contribution in [3.63, 3.8) is 0 Å². The topological polar surface area (TPSA) is 48.7 Å². The molecule has 24 heavy (non-hydrogen) atoms. The minimum Gasteiger partial charge on any atom is -0.465 e. The number of rotatable bonds is 4. The van der Waals surface area contributed by atoms with E-state index >= 15 is 0 Å². The minimum atomic E-state index is -0.0810. The fourth-order valence-corrected chi connectivity index (χ4v) is 4.34. The molecule has 3 aliphatic rings. The predicted molar refractivity (Wildman–Crippen MR) is 92.6 cm³/mol. The van der Waals surface area contributed by atoms with Crippen molar-refractivity contribution in [1.82, 2.24) is 15.1 Å². The van der Waals surface area contributed by atoms with Gasteiger partial charge in [-0.15, -0.1) is 0 Å². The average molecular weight is 331 g/mol. The number of carbonyl (C=O) groups is 1. The van der Waals surface area contributed by atoms with Gasteiger partial charge in [0.15, 0.2) is 0 Å². The molecule has 1 atom stereocenters. The van der Waals surface area contributed by atoms with Crippen molar-refractivity contribution >= 4 is 5.91 Å². The normalized spacial score (nSPS) is 29.6. The SMILES string of the molecule is Cc1ccc(CN2CCN(CC3CC3)C[C@]3(CCCC(=O)N3)C2)o1. The third-order valence-corrected chi connectivity index (χ3v) is 5.64. The van der Waals surface area contributed by atoms with Crippen molar-refractivity contribution in [2.45, 2.75) is 51.1 Å². The van der Waals surface area contributed by atoms with Gasteiger partial charge in [-0.2, -0.15) is 0 Å². The lowest BCUT2D eigenvalue weighted by atomic mass is 9.87. The van der Waals surface area contributed by atoms with Crippen molar-refractivity contribution in [2.24, 2.45) is 5.92 Å². The maximum absolute atomic E-state index is 12.1. The number of furan rings is 1. The summed E-state index contributed by atoms with van der Waals surface area (Å²) in [7, 11) is 0.